The summed E-state index contributed by atoms with van der Waals surface area (Å²) in [7, 11) is -2.57. The third-order valence-corrected chi connectivity index (χ3v) is 8.61. The summed E-state index contributed by atoms with van der Waals surface area (Å²) in [5.41, 5.74) is 2.74. The standard InChI is InChI=1S/C28H29N3O7S/c1-3-31-23-7-5-4-6-21(23)22-17-20(9-10-24(22)31)29-27(32)18-38-28(33)19-8-11-25(36-2)26(16-19)39(34,35)30-12-14-37-15-13-30/h4-11,16-17H,3,12-15,18H2,1-2H3,(H,29,32). The Balaban J connectivity index is 1.29. The van der Waals surface area contributed by atoms with Gasteiger partial charge in [0.2, 0.25) is 10.0 Å². The van der Waals surface area contributed by atoms with E-state index in [1.54, 1.807) is 6.07 Å². The molecule has 0 bridgehead atoms. The van der Waals surface area contributed by atoms with E-state index in [4.69, 9.17) is 14.2 Å². The van der Waals surface area contributed by atoms with E-state index in [1.165, 1.54) is 29.6 Å². The van der Waals surface area contributed by atoms with Crippen LogP contribution in [0.1, 0.15) is 17.3 Å². The lowest BCUT2D eigenvalue weighted by Gasteiger charge is -2.26. The first-order valence-corrected chi connectivity index (χ1v) is 14.0. The molecular weight excluding hydrogens is 522 g/mol. The Bertz CT molecular complexity index is 1660. The van der Waals surface area contributed by atoms with Gasteiger partial charge in [-0.2, -0.15) is 4.31 Å². The number of morpholine rings is 1. The van der Waals surface area contributed by atoms with E-state index >= 15 is 0 Å². The number of amides is 1. The number of nitrogens with one attached hydrogen (secondary N) is 1. The van der Waals surface area contributed by atoms with Crippen molar-refractivity contribution in [2.45, 2.75) is 18.4 Å². The first-order chi connectivity index (χ1) is 18.8. The van der Waals surface area contributed by atoms with Crippen LogP contribution in [-0.4, -0.2) is 69.2 Å². The van der Waals surface area contributed by atoms with E-state index < -0.39 is 28.5 Å². The fourth-order valence-electron chi connectivity index (χ4n) is 4.81. The number of fused-ring (bicyclic) bond motifs is 3. The summed E-state index contributed by atoms with van der Waals surface area (Å²) in [6.45, 7) is 3.32. The van der Waals surface area contributed by atoms with Gasteiger partial charge in [0, 0.05) is 47.1 Å². The van der Waals surface area contributed by atoms with Gasteiger partial charge in [0.25, 0.3) is 5.91 Å². The first kappa shape index (κ1) is 26.7. The van der Waals surface area contributed by atoms with Gasteiger partial charge in [-0.25, -0.2) is 13.2 Å². The van der Waals surface area contributed by atoms with Crippen molar-refractivity contribution in [2.75, 3.05) is 45.3 Å². The number of carbonyl (C=O) groups excluding carboxylic acids is 2. The number of anilines is 1. The molecule has 1 N–H and O–H groups in total. The fraction of sp³-hybridized carbons (Fsp3) is 0.286. The van der Waals surface area contributed by atoms with Gasteiger partial charge in [-0.3, -0.25) is 4.79 Å². The molecule has 204 valence electrons. The van der Waals surface area contributed by atoms with E-state index in [0.717, 1.165) is 28.4 Å². The average Bonchev–Trinajstić information content (AvgIpc) is 3.29. The molecule has 2 heterocycles. The highest BCUT2D eigenvalue weighted by Gasteiger charge is 2.30. The summed E-state index contributed by atoms with van der Waals surface area (Å²) in [6.07, 6.45) is 0. The second-order valence-corrected chi connectivity index (χ2v) is 10.9. The predicted octanol–water partition coefficient (Wildman–Crippen LogP) is 3.64. The highest BCUT2D eigenvalue weighted by molar-refractivity contribution is 7.89. The molecule has 1 aromatic heterocycles. The van der Waals surface area contributed by atoms with Crippen LogP contribution < -0.4 is 10.1 Å². The normalized spacial score (nSPS) is 14.4. The highest BCUT2D eigenvalue weighted by atomic mass is 32.2. The molecule has 3 aromatic carbocycles. The van der Waals surface area contributed by atoms with E-state index in [1.807, 2.05) is 30.3 Å². The Morgan fingerprint density at radius 2 is 1.72 bits per heavy atom. The van der Waals surface area contributed by atoms with Crippen LogP contribution in [0, 0.1) is 0 Å². The molecular formula is C28H29N3O7S. The first-order valence-electron chi connectivity index (χ1n) is 12.6. The predicted molar refractivity (Wildman–Crippen MR) is 147 cm³/mol. The summed E-state index contributed by atoms with van der Waals surface area (Å²) >= 11 is 0. The van der Waals surface area contributed by atoms with Crippen molar-refractivity contribution < 1.29 is 32.2 Å². The molecule has 5 rings (SSSR count). The fourth-order valence-corrected chi connectivity index (χ4v) is 6.40. The zero-order valence-corrected chi connectivity index (χ0v) is 22.5. The highest BCUT2D eigenvalue weighted by Crippen LogP contribution is 2.31. The SMILES string of the molecule is CCn1c2ccccc2c2cc(NC(=O)COC(=O)c3ccc(OC)c(S(=O)(=O)N4CCOCC4)c3)ccc21. The number of benzene rings is 3. The van der Waals surface area contributed by atoms with Gasteiger partial charge < -0.3 is 24.1 Å². The zero-order valence-electron chi connectivity index (χ0n) is 21.7. The van der Waals surface area contributed by atoms with Crippen molar-refractivity contribution in [1.82, 2.24) is 8.87 Å². The number of aryl methyl sites for hydroxylation is 1. The van der Waals surface area contributed by atoms with E-state index in [0.29, 0.717) is 5.69 Å². The van der Waals surface area contributed by atoms with Gasteiger partial charge in [-0.05, 0) is 49.4 Å². The molecule has 0 spiro atoms. The van der Waals surface area contributed by atoms with Crippen LogP contribution in [0.5, 0.6) is 5.75 Å². The number of hydrogen-bond donors (Lipinski definition) is 1. The Labute approximate surface area is 226 Å². The van der Waals surface area contributed by atoms with Crippen LogP contribution in [0.3, 0.4) is 0 Å². The molecule has 10 nitrogen and oxygen atoms in total. The lowest BCUT2D eigenvalue weighted by molar-refractivity contribution is -0.119. The number of sulfonamides is 1. The van der Waals surface area contributed by atoms with Gasteiger partial charge in [0.05, 0.1) is 25.9 Å². The molecule has 1 saturated heterocycles. The molecule has 1 fully saturated rings. The number of aromatic nitrogens is 1. The number of para-hydroxylation sites is 1. The molecule has 0 atom stereocenters. The third kappa shape index (κ3) is 5.20. The number of carbonyl (C=O) groups is 2. The zero-order chi connectivity index (χ0) is 27.6. The van der Waals surface area contributed by atoms with E-state index in [-0.39, 0.29) is 42.5 Å². The quantitative estimate of drug-likeness (QED) is 0.333. The maximum absolute atomic E-state index is 13.2. The lowest BCUT2D eigenvalue weighted by Crippen LogP contribution is -2.40. The maximum atomic E-state index is 13.2. The summed E-state index contributed by atoms with van der Waals surface area (Å²) in [5, 5.41) is 4.86. The number of esters is 1. The van der Waals surface area contributed by atoms with Gasteiger partial charge in [0.15, 0.2) is 6.61 Å². The Hall–Kier alpha value is -3.93. The second kappa shape index (κ2) is 11.0. The van der Waals surface area contributed by atoms with Crippen LogP contribution in [0.4, 0.5) is 5.69 Å². The van der Waals surface area contributed by atoms with E-state index in [9.17, 15) is 18.0 Å². The molecule has 0 saturated carbocycles. The van der Waals surface area contributed by atoms with Crippen LogP contribution in [-0.2, 0) is 30.8 Å². The van der Waals surface area contributed by atoms with Crippen molar-refractivity contribution in [1.29, 1.82) is 0 Å². The average molecular weight is 552 g/mol. The number of methoxy groups -OCH3 is 1. The minimum Gasteiger partial charge on any atom is -0.495 e. The second-order valence-electron chi connectivity index (χ2n) is 9.00. The Morgan fingerprint density at radius 1 is 0.974 bits per heavy atom. The monoisotopic (exact) mass is 551 g/mol. The topological polar surface area (TPSA) is 116 Å². The minimum absolute atomic E-state index is 0.00997. The minimum atomic E-state index is -3.93. The molecule has 0 aliphatic carbocycles. The van der Waals surface area contributed by atoms with Crippen LogP contribution in [0.2, 0.25) is 0 Å². The molecule has 0 radical (unpaired) electrons. The molecule has 39 heavy (non-hydrogen) atoms. The van der Waals surface area contributed by atoms with Crippen LogP contribution >= 0.6 is 0 Å². The Kier molecular flexibility index (Phi) is 7.56. The van der Waals surface area contributed by atoms with Crippen LogP contribution in [0.25, 0.3) is 21.8 Å². The number of ether oxygens (including phenoxy) is 3. The van der Waals surface area contributed by atoms with Gasteiger partial charge >= 0.3 is 5.97 Å². The molecule has 11 heteroatoms. The van der Waals surface area contributed by atoms with Crippen LogP contribution in [0.15, 0.2) is 65.6 Å². The summed E-state index contributed by atoms with van der Waals surface area (Å²) < 4.78 is 45.5. The Morgan fingerprint density at radius 3 is 2.46 bits per heavy atom. The number of nitrogens with zero attached hydrogens (tertiary/aromatic N) is 2. The van der Waals surface area contributed by atoms with Gasteiger partial charge in [-0.1, -0.05) is 18.2 Å². The van der Waals surface area contributed by atoms with Crippen molar-refractivity contribution in [3.05, 3.63) is 66.2 Å². The van der Waals surface area contributed by atoms with E-state index in [2.05, 4.69) is 22.9 Å². The van der Waals surface area contributed by atoms with Crippen molar-refractivity contribution in [2.24, 2.45) is 0 Å². The largest absolute Gasteiger partial charge is 0.495 e. The molecule has 1 amide bonds. The van der Waals surface area contributed by atoms with Crippen molar-refractivity contribution in [3.63, 3.8) is 0 Å². The molecule has 4 aromatic rings. The number of rotatable bonds is 8. The third-order valence-electron chi connectivity index (χ3n) is 6.69. The summed E-state index contributed by atoms with van der Waals surface area (Å²) in [6, 6.07) is 17.7. The smallest absolute Gasteiger partial charge is 0.338 e. The molecule has 1 aliphatic rings. The van der Waals surface area contributed by atoms with Gasteiger partial charge in [-0.15, -0.1) is 0 Å². The molecule has 1 aliphatic heterocycles. The van der Waals surface area contributed by atoms with Crippen molar-refractivity contribution in [3.8, 4) is 5.75 Å². The number of hydrogen-bond acceptors (Lipinski definition) is 7. The maximum Gasteiger partial charge on any atom is 0.338 e. The summed E-state index contributed by atoms with van der Waals surface area (Å²) in [5.74, 6) is -1.24. The van der Waals surface area contributed by atoms with Gasteiger partial charge in [0.1, 0.15) is 10.6 Å². The van der Waals surface area contributed by atoms with Crippen molar-refractivity contribution >= 4 is 49.4 Å². The lowest BCUT2D eigenvalue weighted by atomic mass is 10.1. The molecule has 0 unspecified atom stereocenters. The summed E-state index contributed by atoms with van der Waals surface area (Å²) in [4.78, 5) is 25.2.